The molecule has 0 saturated heterocycles. The summed E-state index contributed by atoms with van der Waals surface area (Å²) < 4.78 is 24.4. The number of hydrogen-bond donors (Lipinski definition) is 0. The van der Waals surface area contributed by atoms with E-state index in [9.17, 15) is 9.36 Å². The van der Waals surface area contributed by atoms with Crippen molar-refractivity contribution in [1.29, 1.82) is 0 Å². The van der Waals surface area contributed by atoms with E-state index < -0.39 is 13.0 Å². The molecule has 4 fully saturated rings. The molecule has 0 unspecified atom stereocenters. The minimum atomic E-state index is -3.71. The van der Waals surface area contributed by atoms with E-state index in [1.807, 2.05) is 27.7 Å². The summed E-state index contributed by atoms with van der Waals surface area (Å²) in [5.74, 6) is 1.92. The summed E-state index contributed by atoms with van der Waals surface area (Å²) in [6.45, 7) is 7.24. The normalized spacial score (nSPS) is 37.3. The Hall–Kier alpha value is -0.180. The highest BCUT2D eigenvalue weighted by Crippen LogP contribution is 2.67. The van der Waals surface area contributed by atoms with Crippen LogP contribution in [0.3, 0.4) is 0 Å². The number of rotatable bonds is 6. The van der Waals surface area contributed by atoms with Crippen LogP contribution in [-0.4, -0.2) is 17.7 Å². The molecule has 4 rings (SSSR count). The van der Waals surface area contributed by atoms with Gasteiger partial charge in [-0.1, -0.05) is 0 Å². The van der Waals surface area contributed by atoms with E-state index in [0.29, 0.717) is 17.8 Å². The third-order valence-electron chi connectivity index (χ3n) is 5.44. The van der Waals surface area contributed by atoms with Crippen LogP contribution in [0.1, 0.15) is 66.2 Å². The lowest BCUT2D eigenvalue weighted by Gasteiger charge is -2.56. The van der Waals surface area contributed by atoms with E-state index in [1.54, 1.807) is 0 Å². The predicted molar refractivity (Wildman–Crippen MR) is 85.7 cm³/mol. The maximum atomic E-state index is 13.3. The predicted octanol–water partition coefficient (Wildman–Crippen LogP) is 4.77. The van der Waals surface area contributed by atoms with Gasteiger partial charge in [-0.15, -0.1) is 0 Å². The first kappa shape index (κ1) is 16.7. The fourth-order valence-electron chi connectivity index (χ4n) is 5.34. The lowest BCUT2D eigenvalue weighted by molar-refractivity contribution is -0.138. The molecule has 0 radical (unpaired) electrons. The average Bonchev–Trinajstić information content (AvgIpc) is 2.33. The molecule has 0 atom stereocenters. The molecule has 0 spiro atoms. The Bertz CT molecular complexity index is 448. The third-order valence-corrected chi connectivity index (χ3v) is 7.81. The maximum absolute atomic E-state index is 13.3. The summed E-state index contributed by atoms with van der Waals surface area (Å²) in [5, 5.41) is 0. The van der Waals surface area contributed by atoms with Crippen molar-refractivity contribution < 1.29 is 18.4 Å². The topological polar surface area (TPSA) is 52.6 Å². The quantitative estimate of drug-likeness (QED) is 0.659. The van der Waals surface area contributed by atoms with Crippen LogP contribution in [0.5, 0.6) is 0 Å². The lowest BCUT2D eigenvalue weighted by Crippen LogP contribution is -2.50. The third kappa shape index (κ3) is 2.95. The van der Waals surface area contributed by atoms with Crippen molar-refractivity contribution in [3.8, 4) is 0 Å². The molecule has 0 N–H and O–H groups in total. The molecular weight excluding hydrogens is 299 g/mol. The molecule has 5 heteroatoms. The van der Waals surface area contributed by atoms with Gasteiger partial charge in [0.15, 0.2) is 0 Å². The molecule has 4 bridgehead atoms. The number of carbonyl (C=O) groups excluding carboxylic acids is 1. The van der Waals surface area contributed by atoms with E-state index in [-0.39, 0.29) is 17.7 Å². The van der Waals surface area contributed by atoms with Crippen LogP contribution in [0, 0.1) is 23.2 Å². The highest BCUT2D eigenvalue weighted by atomic mass is 31.2. The van der Waals surface area contributed by atoms with E-state index in [0.717, 1.165) is 19.3 Å². The van der Waals surface area contributed by atoms with E-state index in [4.69, 9.17) is 9.05 Å². The van der Waals surface area contributed by atoms with Gasteiger partial charge < -0.3 is 9.05 Å². The van der Waals surface area contributed by atoms with Gasteiger partial charge in [-0.2, -0.15) is 0 Å². The standard InChI is InChI=1S/C17H29O4P/c1-11(2)20-22(19,21-12(3)4)16(18)17-8-13-5-14(9-17)7-15(6-13)10-17/h11-15H,5-10H2,1-4H3. The monoisotopic (exact) mass is 328 g/mol. The molecule has 0 heterocycles. The van der Waals surface area contributed by atoms with Crippen molar-refractivity contribution in [2.24, 2.45) is 23.2 Å². The highest BCUT2D eigenvalue weighted by Gasteiger charge is 2.59. The molecule has 126 valence electrons. The molecule has 4 aliphatic carbocycles. The summed E-state index contributed by atoms with van der Waals surface area (Å²) in [4.78, 5) is 13.3. The molecular formula is C17H29O4P. The van der Waals surface area contributed by atoms with Crippen molar-refractivity contribution in [3.63, 3.8) is 0 Å². The summed E-state index contributed by atoms with van der Waals surface area (Å²) in [7, 11) is -3.71. The first-order chi connectivity index (χ1) is 10.2. The number of carbonyl (C=O) groups is 1. The van der Waals surface area contributed by atoms with Crippen molar-refractivity contribution >= 4 is 13.1 Å². The van der Waals surface area contributed by atoms with E-state index >= 15 is 0 Å². The SMILES string of the molecule is CC(C)OP(=O)(OC(C)C)C(=O)C12CC3CC(CC(C3)C1)C2. The van der Waals surface area contributed by atoms with Crippen molar-refractivity contribution in [2.45, 2.75) is 78.4 Å². The lowest BCUT2D eigenvalue weighted by atomic mass is 9.50. The second-order valence-corrected chi connectivity index (χ2v) is 10.1. The van der Waals surface area contributed by atoms with Gasteiger partial charge in [0.25, 0.3) is 0 Å². The van der Waals surface area contributed by atoms with Gasteiger partial charge in [-0.3, -0.25) is 9.36 Å². The Morgan fingerprint density at radius 1 is 0.909 bits per heavy atom. The molecule has 0 amide bonds. The van der Waals surface area contributed by atoms with Gasteiger partial charge in [0, 0.05) is 5.41 Å². The minimum absolute atomic E-state index is 0.221. The van der Waals surface area contributed by atoms with E-state index in [1.165, 1.54) is 19.3 Å². The fraction of sp³-hybridized carbons (Fsp3) is 0.941. The summed E-state index contributed by atoms with van der Waals surface area (Å²) in [6, 6.07) is 0. The highest BCUT2D eigenvalue weighted by molar-refractivity contribution is 7.72. The molecule has 0 aromatic rings. The zero-order chi connectivity index (χ0) is 16.1. The van der Waals surface area contributed by atoms with Crippen molar-refractivity contribution in [3.05, 3.63) is 0 Å². The molecule has 4 nitrogen and oxygen atoms in total. The maximum Gasteiger partial charge on any atom is 0.397 e. The molecule has 22 heavy (non-hydrogen) atoms. The smallest absolute Gasteiger partial charge is 0.300 e. The van der Waals surface area contributed by atoms with Gasteiger partial charge in [0.2, 0.25) is 5.52 Å². The minimum Gasteiger partial charge on any atom is -0.300 e. The molecule has 4 saturated carbocycles. The average molecular weight is 328 g/mol. The Kier molecular flexibility index (Phi) is 4.33. The van der Waals surface area contributed by atoms with E-state index in [2.05, 4.69) is 0 Å². The van der Waals surface area contributed by atoms with Crippen molar-refractivity contribution in [1.82, 2.24) is 0 Å². The Morgan fingerprint density at radius 3 is 1.59 bits per heavy atom. The second kappa shape index (κ2) is 5.72. The summed E-state index contributed by atoms with van der Waals surface area (Å²) in [6.07, 6.45) is 5.90. The van der Waals surface area contributed by atoms with Gasteiger partial charge in [0.1, 0.15) is 0 Å². The van der Waals surface area contributed by atoms with Crippen LogP contribution in [0.2, 0.25) is 0 Å². The first-order valence-electron chi connectivity index (χ1n) is 8.74. The zero-order valence-corrected chi connectivity index (χ0v) is 15.1. The Labute approximate surface area is 133 Å². The van der Waals surface area contributed by atoms with Crippen LogP contribution in [0.15, 0.2) is 0 Å². The van der Waals surface area contributed by atoms with Gasteiger partial charge in [-0.25, -0.2) is 0 Å². The van der Waals surface area contributed by atoms with Crippen LogP contribution in [-0.2, 0) is 18.4 Å². The van der Waals surface area contributed by atoms with Gasteiger partial charge >= 0.3 is 7.60 Å². The summed E-state index contributed by atoms with van der Waals surface area (Å²) >= 11 is 0. The van der Waals surface area contributed by atoms with Crippen LogP contribution < -0.4 is 0 Å². The molecule has 0 aromatic heterocycles. The largest absolute Gasteiger partial charge is 0.397 e. The molecule has 0 aliphatic heterocycles. The number of hydrogen-bond acceptors (Lipinski definition) is 4. The molecule has 4 aliphatic rings. The first-order valence-corrected chi connectivity index (χ1v) is 10.3. The van der Waals surface area contributed by atoms with Crippen LogP contribution in [0.4, 0.5) is 0 Å². The Balaban J connectivity index is 1.88. The zero-order valence-electron chi connectivity index (χ0n) is 14.2. The summed E-state index contributed by atoms with van der Waals surface area (Å²) in [5.41, 5.74) is -0.657. The Morgan fingerprint density at radius 2 is 1.27 bits per heavy atom. The fourth-order valence-corrected chi connectivity index (χ4v) is 7.54. The van der Waals surface area contributed by atoms with Crippen LogP contribution in [0.25, 0.3) is 0 Å². The molecule has 0 aromatic carbocycles. The van der Waals surface area contributed by atoms with Gasteiger partial charge in [0.05, 0.1) is 12.2 Å². The second-order valence-electron chi connectivity index (χ2n) is 8.31. The van der Waals surface area contributed by atoms with Crippen LogP contribution >= 0.6 is 7.60 Å². The van der Waals surface area contributed by atoms with Crippen molar-refractivity contribution in [2.75, 3.05) is 0 Å². The van der Waals surface area contributed by atoms with Gasteiger partial charge in [-0.05, 0) is 84.0 Å².